The number of nitrogens with one attached hydrogen (secondary N) is 16. The Morgan fingerprint density at radius 1 is 0.342 bits per heavy atom. The van der Waals surface area contributed by atoms with Crippen molar-refractivity contribution in [2.75, 3.05) is 39.3 Å². The number of aliphatic hydroxyl groups excluding tert-OH is 2. The van der Waals surface area contributed by atoms with Gasteiger partial charge in [0.2, 0.25) is 100 Å². The molecule has 0 bridgehead atoms. The summed E-state index contributed by atoms with van der Waals surface area (Å²) < 4.78 is 0. The minimum atomic E-state index is -1.73. The lowest BCUT2D eigenvalue weighted by Gasteiger charge is -2.30. The van der Waals surface area contributed by atoms with Crippen LogP contribution >= 0.6 is 0 Å². The van der Waals surface area contributed by atoms with Crippen LogP contribution in [0.2, 0.25) is 0 Å². The number of carboxylic acids is 1. The molecule has 17 amide bonds. The molecule has 0 unspecified atom stereocenters. The van der Waals surface area contributed by atoms with E-state index in [4.69, 9.17) is 22.9 Å². The maximum Gasteiger partial charge on any atom is 0.326 e. The third-order valence-electron chi connectivity index (χ3n) is 18.1. The van der Waals surface area contributed by atoms with E-state index in [1.807, 2.05) is 13.8 Å². The van der Waals surface area contributed by atoms with E-state index >= 15 is 0 Å². The number of primary amides is 1. The second-order valence-corrected chi connectivity index (χ2v) is 30.7. The van der Waals surface area contributed by atoms with Gasteiger partial charge >= 0.3 is 5.97 Å². The number of hydrogen-bond donors (Lipinski definition) is 23. The lowest BCUT2D eigenvalue weighted by Crippen LogP contribution is -2.61. The molecule has 0 fully saturated rings. The molecule has 114 heavy (non-hydrogen) atoms. The Balaban J connectivity index is 5.94. The molecule has 650 valence electrons. The molecule has 0 aliphatic rings. The highest BCUT2D eigenvalue weighted by atomic mass is 16.4. The molecule has 0 aromatic heterocycles. The minimum absolute atomic E-state index is 0.0142. The Labute approximate surface area is 666 Å². The van der Waals surface area contributed by atoms with Gasteiger partial charge in [0.15, 0.2) is 0 Å². The molecule has 0 aromatic rings. The summed E-state index contributed by atoms with van der Waals surface area (Å²) in [7, 11) is 0. The number of carboxylic acid groups (broad SMARTS) is 1. The monoisotopic (exact) mass is 1620 g/mol. The zero-order valence-electron chi connectivity index (χ0n) is 69.0. The Kier molecular flexibility index (Phi) is 48.8. The summed E-state index contributed by atoms with van der Waals surface area (Å²) in [6.45, 7) is 24.1. The molecular formula is C73H132N20O21. The molecule has 16 atom stereocenters. The maximum atomic E-state index is 13.9. The van der Waals surface area contributed by atoms with Crippen molar-refractivity contribution in [2.45, 2.75) is 273 Å². The first-order valence-electron chi connectivity index (χ1n) is 38.8. The summed E-state index contributed by atoms with van der Waals surface area (Å²) in [6, 6.07) is -19.1. The van der Waals surface area contributed by atoms with Crippen LogP contribution in [-0.4, -0.2) is 252 Å². The fraction of sp³-hybridized carbons (Fsp3) is 0.753. The number of amides is 17. The maximum absolute atomic E-state index is 13.9. The number of carbonyl (C=O) groups excluding carboxylic acids is 17. The van der Waals surface area contributed by atoms with Crippen LogP contribution < -0.4 is 108 Å². The highest BCUT2D eigenvalue weighted by Crippen LogP contribution is 2.15. The fourth-order valence-corrected chi connectivity index (χ4v) is 11.1. The Bertz CT molecular complexity index is 3230. The summed E-state index contributed by atoms with van der Waals surface area (Å²) in [5.41, 5.74) is 22.7. The fourth-order valence-electron chi connectivity index (χ4n) is 11.1. The van der Waals surface area contributed by atoms with Crippen molar-refractivity contribution in [3.05, 3.63) is 0 Å². The largest absolute Gasteiger partial charge is 0.480 e. The molecule has 0 spiro atoms. The zero-order chi connectivity index (χ0) is 87.7. The van der Waals surface area contributed by atoms with Gasteiger partial charge in [-0.2, -0.15) is 0 Å². The van der Waals surface area contributed by atoms with Gasteiger partial charge < -0.3 is 123 Å². The predicted molar refractivity (Wildman–Crippen MR) is 417 cm³/mol. The van der Waals surface area contributed by atoms with E-state index in [0.717, 1.165) is 0 Å². The van der Waals surface area contributed by atoms with Crippen molar-refractivity contribution in [1.82, 2.24) is 85.1 Å². The molecule has 0 radical (unpaired) electrons. The van der Waals surface area contributed by atoms with E-state index in [1.54, 1.807) is 69.2 Å². The quantitative estimate of drug-likeness (QED) is 0.0252. The summed E-state index contributed by atoms with van der Waals surface area (Å²) in [4.78, 5) is 240. The topological polar surface area (TPSA) is 665 Å². The van der Waals surface area contributed by atoms with Gasteiger partial charge in [-0.1, -0.05) is 110 Å². The van der Waals surface area contributed by atoms with Gasteiger partial charge in [-0.3, -0.25) is 81.5 Å². The first-order valence-corrected chi connectivity index (χ1v) is 38.8. The molecule has 0 rings (SSSR count). The van der Waals surface area contributed by atoms with Crippen LogP contribution in [-0.2, 0) is 86.3 Å². The first-order chi connectivity index (χ1) is 53.1. The van der Waals surface area contributed by atoms with Crippen LogP contribution in [0.25, 0.3) is 0 Å². The van der Waals surface area contributed by atoms with Crippen LogP contribution in [0.15, 0.2) is 0 Å². The van der Waals surface area contributed by atoms with Gasteiger partial charge in [0.1, 0.15) is 78.5 Å². The van der Waals surface area contributed by atoms with E-state index in [2.05, 4.69) is 85.1 Å². The van der Waals surface area contributed by atoms with Gasteiger partial charge in [-0.25, -0.2) is 4.79 Å². The van der Waals surface area contributed by atoms with Gasteiger partial charge in [0.25, 0.3) is 0 Å². The number of carbonyl (C=O) groups is 18. The number of aliphatic carboxylic acids is 1. The van der Waals surface area contributed by atoms with Crippen molar-refractivity contribution >= 4 is 106 Å². The molecule has 27 N–H and O–H groups in total. The average Bonchev–Trinajstić information content (AvgIpc) is 0.838. The van der Waals surface area contributed by atoms with Gasteiger partial charge in [-0.05, 0) is 120 Å². The number of unbranched alkanes of at least 4 members (excludes halogenated alkanes) is 2. The lowest BCUT2D eigenvalue weighted by atomic mass is 9.97. The molecule has 0 aliphatic heterocycles. The molecule has 0 heterocycles. The number of aliphatic hydroxyl groups is 2. The van der Waals surface area contributed by atoms with Crippen LogP contribution in [0.1, 0.15) is 182 Å². The first kappa shape index (κ1) is 104. The van der Waals surface area contributed by atoms with Crippen LogP contribution in [0.5, 0.6) is 0 Å². The number of hydrogen-bond acceptors (Lipinski definition) is 23. The summed E-state index contributed by atoms with van der Waals surface area (Å²) in [5.74, 6) is -20.0. The molecule has 0 saturated heterocycles. The van der Waals surface area contributed by atoms with E-state index in [0.29, 0.717) is 38.6 Å². The number of rotatable bonds is 55. The third kappa shape index (κ3) is 39.3. The normalized spacial score (nSPS) is 15.6. The average molecular weight is 1630 g/mol. The lowest BCUT2D eigenvalue weighted by molar-refractivity contribution is -0.144. The standard InChI is InChI=1S/C73H132N20O21/c1-18-40(14)58(73(113)114)92-72(112)59(43(17)95)93-66(106)46(27-34(2)3)84-61(101)42(16)82-67(107)49(33-94)87-64(104)45(24-20-22-26-75)83-52(98)31-80-68(108)54(36(6)7)88-53(99)32-78-63(103)48(29-50(77)96)85-60(100)41(15)81-51(97)30-79-69(109)55(37(8)9)90-71(111)57(39(12)13)91-70(110)56(38(10)11)89-65(105)47(28-35(4)5)86-62(102)44(76)23-19-21-25-74/h34-49,54-59,94-95H,18-33,74-76H2,1-17H3,(H2,77,96)(H,78,103)(H,79,109)(H,80,108)(H,81,97)(H,82,107)(H,83,98)(H,84,101)(H,85,100)(H,86,102)(H,87,104)(H,88,99)(H,89,105)(H,90,111)(H,91,110)(H,92,112)(H,93,106)(H,113,114)/t40-,41-,42-,43+,44-,45-,46-,47-,48-,49-,54-,55-,56-,57-,58-,59-/m0/s1. The van der Waals surface area contributed by atoms with E-state index < -0.39 is 259 Å². The molecule has 41 nitrogen and oxygen atoms in total. The van der Waals surface area contributed by atoms with Gasteiger partial charge in [0, 0.05) is 0 Å². The van der Waals surface area contributed by atoms with Gasteiger partial charge in [-0.15, -0.1) is 0 Å². The smallest absolute Gasteiger partial charge is 0.326 e. The molecule has 0 aromatic carbocycles. The molecule has 41 heteroatoms. The highest BCUT2D eigenvalue weighted by molar-refractivity contribution is 6.01. The third-order valence-corrected chi connectivity index (χ3v) is 18.1. The van der Waals surface area contributed by atoms with Crippen molar-refractivity contribution in [3.8, 4) is 0 Å². The van der Waals surface area contributed by atoms with E-state index in [9.17, 15) is 102 Å². The Morgan fingerprint density at radius 3 is 1.10 bits per heavy atom. The Morgan fingerprint density at radius 2 is 0.684 bits per heavy atom. The van der Waals surface area contributed by atoms with Crippen molar-refractivity contribution in [2.24, 2.45) is 64.4 Å². The second kappa shape index (κ2) is 53.4. The Hall–Kier alpha value is -9.74. The SMILES string of the molecule is CC[C@H](C)[C@H](NC(=O)[C@@H](NC(=O)[C@H](CC(C)C)NC(=O)[C@H](C)NC(=O)[C@H](CO)NC(=O)[C@H](CCCCN)NC(=O)CNC(=O)[C@@H](NC(=O)CNC(=O)[C@H](CC(N)=O)NC(=O)[C@H](C)NC(=O)CNC(=O)[C@@H](NC(=O)[C@@H](NC(=O)[C@@H](NC(=O)[C@H](CC(C)C)NC(=O)[C@@H](N)CCCCN)C(C)C)C(C)C)C(C)C)C(C)C)[C@@H](C)O)C(=O)O. The molecule has 0 aliphatic carbocycles. The second-order valence-electron chi connectivity index (χ2n) is 30.7. The minimum Gasteiger partial charge on any atom is -0.480 e. The van der Waals surface area contributed by atoms with Crippen molar-refractivity contribution in [3.63, 3.8) is 0 Å². The molecule has 0 saturated carbocycles. The molecular weight excluding hydrogens is 1490 g/mol. The highest BCUT2D eigenvalue weighted by Gasteiger charge is 2.39. The summed E-state index contributed by atoms with van der Waals surface area (Å²) in [5, 5.41) is 69.3. The van der Waals surface area contributed by atoms with Crippen molar-refractivity contribution < 1.29 is 102 Å². The predicted octanol–water partition coefficient (Wildman–Crippen LogP) is -6.64. The van der Waals surface area contributed by atoms with Crippen LogP contribution in [0.4, 0.5) is 0 Å². The van der Waals surface area contributed by atoms with Crippen LogP contribution in [0, 0.1) is 41.4 Å². The van der Waals surface area contributed by atoms with E-state index in [-0.39, 0.29) is 44.1 Å². The summed E-state index contributed by atoms with van der Waals surface area (Å²) >= 11 is 0. The van der Waals surface area contributed by atoms with E-state index in [1.165, 1.54) is 34.6 Å². The summed E-state index contributed by atoms with van der Waals surface area (Å²) in [6.07, 6.45) is 0.412. The number of nitrogens with two attached hydrogens (primary N) is 4. The van der Waals surface area contributed by atoms with Gasteiger partial charge in [0.05, 0.1) is 44.8 Å². The zero-order valence-corrected chi connectivity index (χ0v) is 69.0. The van der Waals surface area contributed by atoms with Crippen LogP contribution in [0.3, 0.4) is 0 Å². The van der Waals surface area contributed by atoms with Crippen molar-refractivity contribution in [1.29, 1.82) is 0 Å².